The van der Waals surface area contributed by atoms with Gasteiger partial charge in [0, 0.05) is 28.3 Å². The van der Waals surface area contributed by atoms with Crippen molar-refractivity contribution in [2.45, 2.75) is 0 Å². The van der Waals surface area contributed by atoms with Gasteiger partial charge in [-0.3, -0.25) is 4.79 Å². The number of methoxy groups -OCH3 is 1. The number of amides is 1. The molecule has 3 aromatic carbocycles. The fourth-order valence-corrected chi connectivity index (χ4v) is 3.88. The second-order valence-electron chi connectivity index (χ2n) is 6.92. The van der Waals surface area contributed by atoms with Crippen molar-refractivity contribution >= 4 is 35.0 Å². The van der Waals surface area contributed by atoms with Gasteiger partial charge in [-0.15, -0.1) is 11.3 Å². The Hall–Kier alpha value is -4.03. The number of carbonyl (C=O) groups excluding carboxylic acids is 2. The van der Waals surface area contributed by atoms with Gasteiger partial charge in [-0.25, -0.2) is 9.78 Å². The number of esters is 1. The van der Waals surface area contributed by atoms with Gasteiger partial charge in [0.25, 0.3) is 0 Å². The van der Waals surface area contributed by atoms with Crippen LogP contribution >= 0.6 is 11.3 Å². The highest BCUT2D eigenvalue weighted by Crippen LogP contribution is 2.29. The van der Waals surface area contributed by atoms with Crippen LogP contribution in [-0.2, 0) is 9.53 Å². The van der Waals surface area contributed by atoms with Gasteiger partial charge in [-0.2, -0.15) is 0 Å². The SMILES string of the molecule is COC(=O)c1ccc(/C=C/C(=O)Nc2ccc(-c3csc(-c4ccccc4)n3)cc2)cc1. The summed E-state index contributed by atoms with van der Waals surface area (Å²) in [6, 6.07) is 24.5. The summed E-state index contributed by atoms with van der Waals surface area (Å²) in [5.74, 6) is -0.634. The summed E-state index contributed by atoms with van der Waals surface area (Å²) in [5.41, 5.74) is 4.96. The minimum Gasteiger partial charge on any atom is -0.465 e. The Bertz CT molecular complexity index is 1240. The van der Waals surface area contributed by atoms with Crippen LogP contribution in [0, 0.1) is 0 Å². The molecule has 0 unspecified atom stereocenters. The second-order valence-corrected chi connectivity index (χ2v) is 7.78. The Morgan fingerprint density at radius 3 is 2.31 bits per heavy atom. The molecule has 6 heteroatoms. The minimum absolute atomic E-state index is 0.241. The lowest BCUT2D eigenvalue weighted by Gasteiger charge is -2.04. The molecule has 0 bridgehead atoms. The lowest BCUT2D eigenvalue weighted by atomic mass is 10.1. The van der Waals surface area contributed by atoms with E-state index in [0.29, 0.717) is 11.3 Å². The Kier molecular flexibility index (Phi) is 6.53. The smallest absolute Gasteiger partial charge is 0.337 e. The number of rotatable bonds is 6. The van der Waals surface area contributed by atoms with E-state index in [9.17, 15) is 9.59 Å². The number of benzene rings is 3. The molecular weight excluding hydrogens is 420 g/mol. The Morgan fingerprint density at radius 2 is 1.62 bits per heavy atom. The normalized spacial score (nSPS) is 10.8. The van der Waals surface area contributed by atoms with Crippen LogP contribution in [0.1, 0.15) is 15.9 Å². The van der Waals surface area contributed by atoms with Gasteiger partial charge in [-0.05, 0) is 35.9 Å². The molecule has 0 aliphatic carbocycles. The van der Waals surface area contributed by atoms with Crippen molar-refractivity contribution in [3.05, 3.63) is 101 Å². The molecule has 32 heavy (non-hydrogen) atoms. The average Bonchev–Trinajstić information content (AvgIpc) is 3.34. The van der Waals surface area contributed by atoms with E-state index in [2.05, 4.69) is 10.1 Å². The van der Waals surface area contributed by atoms with E-state index in [1.54, 1.807) is 41.7 Å². The fourth-order valence-electron chi connectivity index (χ4n) is 3.05. The molecule has 0 spiro atoms. The van der Waals surface area contributed by atoms with Crippen LogP contribution in [0.2, 0.25) is 0 Å². The first-order chi connectivity index (χ1) is 15.6. The number of nitrogens with zero attached hydrogens (tertiary/aromatic N) is 1. The van der Waals surface area contributed by atoms with E-state index in [-0.39, 0.29) is 5.91 Å². The number of thiazole rings is 1. The van der Waals surface area contributed by atoms with Gasteiger partial charge in [0.1, 0.15) is 5.01 Å². The van der Waals surface area contributed by atoms with E-state index in [0.717, 1.165) is 27.4 Å². The Morgan fingerprint density at radius 1 is 0.906 bits per heavy atom. The van der Waals surface area contributed by atoms with Crippen LogP contribution in [0.4, 0.5) is 5.69 Å². The summed E-state index contributed by atoms with van der Waals surface area (Å²) in [5, 5.41) is 5.85. The van der Waals surface area contributed by atoms with Crippen molar-refractivity contribution in [1.29, 1.82) is 0 Å². The number of ether oxygens (including phenoxy) is 1. The van der Waals surface area contributed by atoms with Crippen molar-refractivity contribution in [2.24, 2.45) is 0 Å². The van der Waals surface area contributed by atoms with Crippen molar-refractivity contribution < 1.29 is 14.3 Å². The molecular formula is C26H20N2O3S. The number of aromatic nitrogens is 1. The van der Waals surface area contributed by atoms with E-state index >= 15 is 0 Å². The first-order valence-electron chi connectivity index (χ1n) is 9.91. The molecule has 1 aromatic heterocycles. The second kappa shape index (κ2) is 9.85. The Balaban J connectivity index is 1.37. The lowest BCUT2D eigenvalue weighted by Crippen LogP contribution is -2.07. The standard InChI is InChI=1S/C26H20N2O3S/c1-31-26(30)21-10-7-18(8-11-21)9-16-24(29)27-22-14-12-19(13-15-22)23-17-32-25(28-23)20-5-3-2-4-6-20/h2-17H,1H3,(H,27,29)/b16-9+. The fraction of sp³-hybridized carbons (Fsp3) is 0.0385. The van der Waals surface area contributed by atoms with Crippen LogP contribution in [0.25, 0.3) is 27.9 Å². The summed E-state index contributed by atoms with van der Waals surface area (Å²) in [6.07, 6.45) is 3.14. The predicted molar refractivity (Wildman–Crippen MR) is 128 cm³/mol. The van der Waals surface area contributed by atoms with Gasteiger partial charge in [0.05, 0.1) is 18.4 Å². The molecule has 4 rings (SSSR count). The third-order valence-corrected chi connectivity index (χ3v) is 5.62. The maximum absolute atomic E-state index is 12.2. The van der Waals surface area contributed by atoms with Gasteiger partial charge in [0.2, 0.25) is 5.91 Å². The van der Waals surface area contributed by atoms with Gasteiger partial charge < -0.3 is 10.1 Å². The molecule has 0 aliphatic heterocycles. The summed E-state index contributed by atoms with van der Waals surface area (Å²) >= 11 is 1.60. The van der Waals surface area contributed by atoms with Gasteiger partial charge in [-0.1, -0.05) is 54.6 Å². The number of carbonyl (C=O) groups is 2. The van der Waals surface area contributed by atoms with Gasteiger partial charge >= 0.3 is 5.97 Å². The maximum atomic E-state index is 12.2. The molecule has 0 fully saturated rings. The highest BCUT2D eigenvalue weighted by atomic mass is 32.1. The molecule has 5 nitrogen and oxygen atoms in total. The molecule has 1 amide bonds. The molecule has 4 aromatic rings. The molecule has 1 heterocycles. The zero-order chi connectivity index (χ0) is 22.3. The summed E-state index contributed by atoms with van der Waals surface area (Å²) < 4.78 is 4.67. The summed E-state index contributed by atoms with van der Waals surface area (Å²) in [6.45, 7) is 0. The molecule has 0 saturated heterocycles. The molecule has 0 radical (unpaired) electrons. The Labute approximate surface area is 190 Å². The van der Waals surface area contributed by atoms with Crippen LogP contribution in [-0.4, -0.2) is 24.0 Å². The zero-order valence-corrected chi connectivity index (χ0v) is 18.1. The maximum Gasteiger partial charge on any atom is 0.337 e. The largest absolute Gasteiger partial charge is 0.465 e. The molecule has 1 N–H and O–H groups in total. The van der Waals surface area contributed by atoms with E-state index < -0.39 is 5.97 Å². The molecule has 0 saturated carbocycles. The molecule has 158 valence electrons. The molecule has 0 aliphatic rings. The number of anilines is 1. The average molecular weight is 441 g/mol. The van der Waals surface area contributed by atoms with Crippen LogP contribution in [0.5, 0.6) is 0 Å². The van der Waals surface area contributed by atoms with Crippen molar-refractivity contribution in [3.63, 3.8) is 0 Å². The third-order valence-electron chi connectivity index (χ3n) is 4.73. The van der Waals surface area contributed by atoms with E-state index in [4.69, 9.17) is 4.98 Å². The number of hydrogen-bond donors (Lipinski definition) is 1. The minimum atomic E-state index is -0.393. The van der Waals surface area contributed by atoms with E-state index in [1.807, 2.05) is 60.0 Å². The molecule has 0 atom stereocenters. The van der Waals surface area contributed by atoms with Crippen molar-refractivity contribution in [2.75, 3.05) is 12.4 Å². The van der Waals surface area contributed by atoms with Crippen LogP contribution in [0.3, 0.4) is 0 Å². The number of hydrogen-bond acceptors (Lipinski definition) is 5. The highest BCUT2D eigenvalue weighted by Gasteiger charge is 2.07. The first-order valence-corrected chi connectivity index (χ1v) is 10.8. The highest BCUT2D eigenvalue weighted by molar-refractivity contribution is 7.13. The van der Waals surface area contributed by atoms with Crippen LogP contribution in [0.15, 0.2) is 90.3 Å². The number of nitrogens with one attached hydrogen (secondary N) is 1. The lowest BCUT2D eigenvalue weighted by molar-refractivity contribution is -0.111. The summed E-state index contributed by atoms with van der Waals surface area (Å²) in [7, 11) is 1.34. The quantitative estimate of drug-likeness (QED) is 0.299. The monoisotopic (exact) mass is 440 g/mol. The third kappa shape index (κ3) is 5.17. The zero-order valence-electron chi connectivity index (χ0n) is 17.3. The van der Waals surface area contributed by atoms with E-state index in [1.165, 1.54) is 13.2 Å². The first kappa shape index (κ1) is 21.2. The van der Waals surface area contributed by atoms with Crippen molar-refractivity contribution in [1.82, 2.24) is 4.98 Å². The topological polar surface area (TPSA) is 68.3 Å². The van der Waals surface area contributed by atoms with Crippen LogP contribution < -0.4 is 5.32 Å². The predicted octanol–water partition coefficient (Wildman–Crippen LogP) is 5.92. The van der Waals surface area contributed by atoms with Crippen molar-refractivity contribution in [3.8, 4) is 21.8 Å². The van der Waals surface area contributed by atoms with Gasteiger partial charge in [0.15, 0.2) is 0 Å². The summed E-state index contributed by atoms with van der Waals surface area (Å²) in [4.78, 5) is 28.4.